The van der Waals surface area contributed by atoms with Crippen molar-refractivity contribution in [3.8, 4) is 23.0 Å². The van der Waals surface area contributed by atoms with E-state index in [1.807, 2.05) is 25.1 Å². The van der Waals surface area contributed by atoms with E-state index in [1.165, 1.54) is 0 Å². The van der Waals surface area contributed by atoms with Gasteiger partial charge in [-0.05, 0) is 36.1 Å². The number of hydrogen-bond acceptors (Lipinski definition) is 5. The molecule has 0 heterocycles. The maximum absolute atomic E-state index is 12.3. The third-order valence-corrected chi connectivity index (χ3v) is 4.41. The Morgan fingerprint density at radius 3 is 2.18 bits per heavy atom. The molecule has 0 saturated carbocycles. The van der Waals surface area contributed by atoms with Gasteiger partial charge in [0.25, 0.3) is 5.91 Å². The van der Waals surface area contributed by atoms with Gasteiger partial charge >= 0.3 is 0 Å². The SMILES string of the molecule is COc1cc(OC)c(OC)cc1CNC(=O)COc1cc(C)ccc1C(C)C. The highest BCUT2D eigenvalue weighted by atomic mass is 16.5. The summed E-state index contributed by atoms with van der Waals surface area (Å²) in [6, 6.07) is 9.57. The molecule has 0 saturated heterocycles. The molecule has 0 aliphatic heterocycles. The van der Waals surface area contributed by atoms with Gasteiger partial charge in [-0.15, -0.1) is 0 Å². The summed E-state index contributed by atoms with van der Waals surface area (Å²) >= 11 is 0. The molecular weight excluding hydrogens is 358 g/mol. The van der Waals surface area contributed by atoms with Crippen molar-refractivity contribution in [1.82, 2.24) is 5.32 Å². The van der Waals surface area contributed by atoms with Crippen LogP contribution in [-0.2, 0) is 11.3 Å². The van der Waals surface area contributed by atoms with Gasteiger partial charge in [0.1, 0.15) is 11.5 Å². The second-order valence-corrected chi connectivity index (χ2v) is 6.78. The molecule has 1 amide bonds. The van der Waals surface area contributed by atoms with Crippen LogP contribution in [0.1, 0.15) is 36.5 Å². The number of hydrogen-bond donors (Lipinski definition) is 1. The van der Waals surface area contributed by atoms with Gasteiger partial charge in [0.05, 0.1) is 21.3 Å². The molecule has 0 spiro atoms. The van der Waals surface area contributed by atoms with Crippen LogP contribution in [0.4, 0.5) is 0 Å². The highest BCUT2D eigenvalue weighted by molar-refractivity contribution is 5.77. The molecule has 6 heteroatoms. The van der Waals surface area contributed by atoms with E-state index in [1.54, 1.807) is 33.5 Å². The number of carbonyl (C=O) groups is 1. The van der Waals surface area contributed by atoms with Gasteiger partial charge in [-0.2, -0.15) is 0 Å². The molecule has 0 aliphatic carbocycles. The molecule has 152 valence electrons. The predicted molar refractivity (Wildman–Crippen MR) is 109 cm³/mol. The lowest BCUT2D eigenvalue weighted by molar-refractivity contribution is -0.123. The van der Waals surface area contributed by atoms with Crippen LogP contribution in [-0.4, -0.2) is 33.8 Å². The Kier molecular flexibility index (Phi) is 7.55. The van der Waals surface area contributed by atoms with E-state index < -0.39 is 0 Å². The zero-order chi connectivity index (χ0) is 20.7. The average molecular weight is 387 g/mol. The van der Waals surface area contributed by atoms with Crippen LogP contribution in [0.25, 0.3) is 0 Å². The van der Waals surface area contributed by atoms with Crippen molar-refractivity contribution in [2.75, 3.05) is 27.9 Å². The number of aryl methyl sites for hydroxylation is 1. The molecular formula is C22H29NO5. The summed E-state index contributed by atoms with van der Waals surface area (Å²) in [5.74, 6) is 2.60. The zero-order valence-corrected chi connectivity index (χ0v) is 17.4. The number of benzene rings is 2. The van der Waals surface area contributed by atoms with Gasteiger partial charge in [0.2, 0.25) is 0 Å². The third kappa shape index (κ3) is 5.31. The van der Waals surface area contributed by atoms with E-state index in [0.29, 0.717) is 23.2 Å². The Bertz CT molecular complexity index is 817. The zero-order valence-electron chi connectivity index (χ0n) is 17.4. The van der Waals surface area contributed by atoms with E-state index in [-0.39, 0.29) is 19.1 Å². The molecule has 6 nitrogen and oxygen atoms in total. The molecule has 2 aromatic rings. The van der Waals surface area contributed by atoms with Gasteiger partial charge in [-0.25, -0.2) is 0 Å². The monoisotopic (exact) mass is 387 g/mol. The van der Waals surface area contributed by atoms with Crippen LogP contribution in [0, 0.1) is 6.92 Å². The van der Waals surface area contributed by atoms with Crippen molar-refractivity contribution < 1.29 is 23.7 Å². The summed E-state index contributed by atoms with van der Waals surface area (Å²) in [6.07, 6.45) is 0. The first kappa shape index (κ1) is 21.4. The van der Waals surface area contributed by atoms with Gasteiger partial charge < -0.3 is 24.3 Å². The Balaban J connectivity index is 2.03. The molecule has 0 bridgehead atoms. The summed E-state index contributed by atoms with van der Waals surface area (Å²) in [4.78, 5) is 12.3. The van der Waals surface area contributed by atoms with E-state index in [2.05, 4.69) is 19.2 Å². The molecule has 0 aliphatic rings. The van der Waals surface area contributed by atoms with E-state index in [9.17, 15) is 4.79 Å². The maximum atomic E-state index is 12.3. The predicted octanol–water partition coefficient (Wildman–Crippen LogP) is 3.84. The first-order chi connectivity index (χ1) is 13.4. The lowest BCUT2D eigenvalue weighted by Crippen LogP contribution is -2.28. The minimum absolute atomic E-state index is 0.0568. The lowest BCUT2D eigenvalue weighted by atomic mass is 10.0. The number of nitrogens with one attached hydrogen (secondary N) is 1. The largest absolute Gasteiger partial charge is 0.496 e. The van der Waals surface area contributed by atoms with E-state index in [0.717, 1.165) is 22.4 Å². The van der Waals surface area contributed by atoms with Gasteiger partial charge in [0, 0.05) is 18.2 Å². The van der Waals surface area contributed by atoms with Crippen molar-refractivity contribution in [2.24, 2.45) is 0 Å². The highest BCUT2D eigenvalue weighted by Gasteiger charge is 2.14. The summed E-state index contributed by atoms with van der Waals surface area (Å²) in [5, 5.41) is 2.86. The number of rotatable bonds is 9. The molecule has 2 aromatic carbocycles. The minimum atomic E-state index is -0.215. The van der Waals surface area contributed by atoms with Crippen LogP contribution >= 0.6 is 0 Å². The van der Waals surface area contributed by atoms with Gasteiger partial charge in [-0.1, -0.05) is 26.0 Å². The van der Waals surface area contributed by atoms with Crippen molar-refractivity contribution in [2.45, 2.75) is 33.2 Å². The first-order valence-electron chi connectivity index (χ1n) is 9.18. The number of ether oxygens (including phenoxy) is 4. The second kappa shape index (κ2) is 9.88. The molecule has 2 rings (SSSR count). The van der Waals surface area contributed by atoms with Crippen molar-refractivity contribution in [3.05, 3.63) is 47.0 Å². The fourth-order valence-electron chi connectivity index (χ4n) is 2.86. The van der Waals surface area contributed by atoms with Crippen molar-refractivity contribution in [1.29, 1.82) is 0 Å². The lowest BCUT2D eigenvalue weighted by Gasteiger charge is -2.16. The van der Waals surface area contributed by atoms with Crippen molar-refractivity contribution in [3.63, 3.8) is 0 Å². The fraction of sp³-hybridized carbons (Fsp3) is 0.409. The summed E-state index contributed by atoms with van der Waals surface area (Å²) < 4.78 is 21.8. The van der Waals surface area contributed by atoms with Crippen LogP contribution in [0.15, 0.2) is 30.3 Å². The molecule has 0 atom stereocenters. The maximum Gasteiger partial charge on any atom is 0.258 e. The molecule has 28 heavy (non-hydrogen) atoms. The van der Waals surface area contributed by atoms with Crippen molar-refractivity contribution >= 4 is 5.91 Å². The Hall–Kier alpha value is -2.89. The molecule has 0 fully saturated rings. The number of methoxy groups -OCH3 is 3. The third-order valence-electron chi connectivity index (χ3n) is 4.41. The van der Waals surface area contributed by atoms with Crippen LogP contribution in [0.3, 0.4) is 0 Å². The van der Waals surface area contributed by atoms with E-state index >= 15 is 0 Å². The smallest absolute Gasteiger partial charge is 0.258 e. The summed E-state index contributed by atoms with van der Waals surface area (Å²) in [7, 11) is 4.70. The Morgan fingerprint density at radius 2 is 1.57 bits per heavy atom. The van der Waals surface area contributed by atoms with Gasteiger partial charge in [-0.3, -0.25) is 4.79 Å². The van der Waals surface area contributed by atoms with Crippen LogP contribution < -0.4 is 24.3 Å². The average Bonchev–Trinajstić information content (AvgIpc) is 2.69. The van der Waals surface area contributed by atoms with E-state index in [4.69, 9.17) is 18.9 Å². The summed E-state index contributed by atoms with van der Waals surface area (Å²) in [6.45, 7) is 6.43. The minimum Gasteiger partial charge on any atom is -0.496 e. The molecule has 0 aromatic heterocycles. The van der Waals surface area contributed by atoms with Crippen LogP contribution in [0.2, 0.25) is 0 Å². The summed E-state index contributed by atoms with van der Waals surface area (Å²) in [5.41, 5.74) is 2.96. The van der Waals surface area contributed by atoms with Gasteiger partial charge in [0.15, 0.2) is 18.1 Å². The number of carbonyl (C=O) groups excluding carboxylic acids is 1. The normalized spacial score (nSPS) is 10.5. The second-order valence-electron chi connectivity index (χ2n) is 6.78. The van der Waals surface area contributed by atoms with Crippen LogP contribution in [0.5, 0.6) is 23.0 Å². The molecule has 0 radical (unpaired) electrons. The molecule has 1 N–H and O–H groups in total. The molecule has 0 unspecified atom stereocenters. The first-order valence-corrected chi connectivity index (χ1v) is 9.18. The highest BCUT2D eigenvalue weighted by Crippen LogP contribution is 2.34. The Labute approximate surface area is 166 Å². The Morgan fingerprint density at radius 1 is 0.929 bits per heavy atom. The standard InChI is InChI=1S/C22H29NO5/c1-14(2)17-8-7-15(3)9-19(17)28-13-22(24)23-12-16-10-20(26-5)21(27-6)11-18(16)25-4/h7-11,14H,12-13H2,1-6H3,(H,23,24). The fourth-order valence-corrected chi connectivity index (χ4v) is 2.86. The topological polar surface area (TPSA) is 66.0 Å². The quantitative estimate of drug-likeness (QED) is 0.708. The number of amides is 1.